The molecule has 12 nitrogen and oxygen atoms in total. The van der Waals surface area contributed by atoms with Crippen molar-refractivity contribution in [2.24, 2.45) is 23.7 Å². The standard InChI is InChI=1S/C26H37N5O4.C7H8O3S/c1-19(2)16-23(22(26(34)29-35)13-8-12-21-10-6-5-7-11-21)25(33)28-31(17-20(3)4)24(32)18-30-15-9-14-27-30;1-6-2-4-7(5-3-6)11(8,9)10/h5-12,14-15,19-20,22-23,35H,13,16-18H2,1-4H3,(H,28,33)(H,29,34);2-5H,1H3,(H,8,9,10)/t22-,23+;/m0./s1. The van der Waals surface area contributed by atoms with Gasteiger partial charge in [0.15, 0.2) is 0 Å². The maximum atomic E-state index is 13.5. The molecule has 0 saturated carbocycles. The van der Waals surface area contributed by atoms with Crippen LogP contribution in [0.1, 0.15) is 51.7 Å². The van der Waals surface area contributed by atoms with Crippen LogP contribution in [0.3, 0.4) is 0 Å². The molecule has 0 aliphatic heterocycles. The van der Waals surface area contributed by atoms with Crippen LogP contribution in [0.2, 0.25) is 0 Å². The number of aryl methyl sites for hydroxylation is 1. The summed E-state index contributed by atoms with van der Waals surface area (Å²) in [5.41, 5.74) is 6.39. The van der Waals surface area contributed by atoms with Crippen molar-refractivity contribution in [2.75, 3.05) is 6.54 Å². The van der Waals surface area contributed by atoms with Crippen LogP contribution in [-0.2, 0) is 31.0 Å². The molecule has 0 aliphatic carbocycles. The van der Waals surface area contributed by atoms with Crippen LogP contribution in [-0.4, -0.2) is 57.2 Å². The van der Waals surface area contributed by atoms with Crippen LogP contribution in [0.15, 0.2) is 84.0 Å². The van der Waals surface area contributed by atoms with E-state index < -0.39 is 33.8 Å². The monoisotopic (exact) mass is 655 g/mol. The van der Waals surface area contributed by atoms with Crippen molar-refractivity contribution in [1.82, 2.24) is 25.7 Å². The first-order valence-electron chi connectivity index (χ1n) is 15.0. The topological polar surface area (TPSA) is 171 Å². The fourth-order valence-electron chi connectivity index (χ4n) is 4.53. The first kappa shape index (κ1) is 37.9. The number of aromatic nitrogens is 2. The molecule has 4 N–H and O–H groups in total. The highest BCUT2D eigenvalue weighted by Crippen LogP contribution is 2.26. The van der Waals surface area contributed by atoms with E-state index in [1.165, 1.54) is 21.8 Å². The average molecular weight is 656 g/mol. The predicted octanol–water partition coefficient (Wildman–Crippen LogP) is 4.53. The number of carbonyl (C=O) groups is 3. The Hall–Kier alpha value is -4.33. The Morgan fingerprint density at radius 3 is 2.11 bits per heavy atom. The number of hydroxylamine groups is 1. The summed E-state index contributed by atoms with van der Waals surface area (Å²) in [4.78, 5) is 39.0. The van der Waals surface area contributed by atoms with Crippen molar-refractivity contribution in [3.05, 3.63) is 90.3 Å². The molecule has 3 rings (SSSR count). The lowest BCUT2D eigenvalue weighted by molar-refractivity contribution is -0.148. The highest BCUT2D eigenvalue weighted by molar-refractivity contribution is 7.85. The number of carbonyl (C=O) groups excluding carboxylic acids is 3. The molecule has 0 spiro atoms. The Kier molecular flexibility index (Phi) is 15.3. The number of nitrogens with zero attached hydrogens (tertiary/aromatic N) is 3. The second kappa shape index (κ2) is 18.6. The largest absolute Gasteiger partial charge is 0.294 e. The second-order valence-corrected chi connectivity index (χ2v) is 13.2. The van der Waals surface area contributed by atoms with Crippen molar-refractivity contribution in [3.63, 3.8) is 0 Å². The van der Waals surface area contributed by atoms with Crippen molar-refractivity contribution >= 4 is 33.9 Å². The maximum absolute atomic E-state index is 13.5. The summed E-state index contributed by atoms with van der Waals surface area (Å²) in [5.74, 6) is -2.75. The van der Waals surface area contributed by atoms with Crippen LogP contribution < -0.4 is 10.9 Å². The molecule has 0 fully saturated rings. The smallest absolute Gasteiger partial charge is 0.289 e. The van der Waals surface area contributed by atoms with E-state index in [2.05, 4.69) is 10.5 Å². The molecule has 1 aromatic heterocycles. The van der Waals surface area contributed by atoms with Crippen molar-refractivity contribution < 1.29 is 32.6 Å². The first-order chi connectivity index (χ1) is 21.7. The zero-order valence-corrected chi connectivity index (χ0v) is 27.7. The molecule has 1 heterocycles. The van der Waals surface area contributed by atoms with Gasteiger partial charge in [-0.2, -0.15) is 13.5 Å². The van der Waals surface area contributed by atoms with Gasteiger partial charge in [-0.1, -0.05) is 87.9 Å². The molecule has 0 unspecified atom stereocenters. The zero-order valence-electron chi connectivity index (χ0n) is 26.9. The van der Waals surface area contributed by atoms with Gasteiger partial charge in [0.2, 0.25) is 11.8 Å². The van der Waals surface area contributed by atoms with E-state index in [4.69, 9.17) is 4.55 Å². The molecule has 2 aromatic carbocycles. The minimum Gasteiger partial charge on any atom is -0.289 e. The van der Waals surface area contributed by atoms with Gasteiger partial charge in [-0.05, 0) is 55.4 Å². The van der Waals surface area contributed by atoms with Crippen LogP contribution in [0.4, 0.5) is 0 Å². The summed E-state index contributed by atoms with van der Waals surface area (Å²) in [6, 6.07) is 17.3. The molecule has 13 heteroatoms. The lowest BCUT2D eigenvalue weighted by atomic mass is 9.82. The quantitative estimate of drug-likeness (QED) is 0.118. The lowest BCUT2D eigenvalue weighted by Gasteiger charge is -2.30. The number of amides is 3. The molecule has 0 saturated heterocycles. The number of hydrogen-bond donors (Lipinski definition) is 4. The van der Waals surface area contributed by atoms with E-state index in [0.29, 0.717) is 13.0 Å². The van der Waals surface area contributed by atoms with Gasteiger partial charge in [0.1, 0.15) is 6.54 Å². The first-order valence-corrected chi connectivity index (χ1v) is 16.4. The molecule has 250 valence electrons. The normalized spacial score (nSPS) is 12.7. The number of hydrazine groups is 1. The van der Waals surface area contributed by atoms with Gasteiger partial charge in [-0.25, -0.2) is 5.48 Å². The molecule has 0 radical (unpaired) electrons. The Bertz CT molecular complexity index is 1510. The molecule has 3 amide bonds. The molecular formula is C33H45N5O7S. The van der Waals surface area contributed by atoms with Gasteiger partial charge < -0.3 is 0 Å². The fraction of sp³-hybridized carbons (Fsp3) is 0.394. The van der Waals surface area contributed by atoms with Crippen molar-refractivity contribution in [1.29, 1.82) is 0 Å². The molecule has 2 atom stereocenters. The second-order valence-electron chi connectivity index (χ2n) is 11.7. The zero-order chi connectivity index (χ0) is 34.3. The number of rotatable bonds is 13. The predicted molar refractivity (Wildman–Crippen MR) is 174 cm³/mol. The van der Waals surface area contributed by atoms with Gasteiger partial charge in [0, 0.05) is 18.9 Å². The third-order valence-corrected chi connectivity index (χ3v) is 7.63. The van der Waals surface area contributed by atoms with Crippen molar-refractivity contribution in [3.8, 4) is 0 Å². The van der Waals surface area contributed by atoms with Gasteiger partial charge in [0.25, 0.3) is 16.0 Å². The third-order valence-electron chi connectivity index (χ3n) is 6.76. The summed E-state index contributed by atoms with van der Waals surface area (Å²) in [7, 11) is -4.02. The van der Waals surface area contributed by atoms with Crippen LogP contribution in [0, 0.1) is 30.6 Å². The molecule has 46 heavy (non-hydrogen) atoms. The molecular weight excluding hydrogens is 610 g/mol. The summed E-state index contributed by atoms with van der Waals surface area (Å²) in [6.45, 7) is 9.95. The van der Waals surface area contributed by atoms with E-state index in [0.717, 1.165) is 11.1 Å². The highest BCUT2D eigenvalue weighted by Gasteiger charge is 2.35. The van der Waals surface area contributed by atoms with E-state index in [-0.39, 0.29) is 35.6 Å². The average Bonchev–Trinajstić information content (AvgIpc) is 3.51. The number of allylic oxidation sites excluding steroid dienone is 1. The van der Waals surface area contributed by atoms with Gasteiger partial charge in [-0.3, -0.25) is 39.3 Å². The minimum absolute atomic E-state index is 0.0186. The van der Waals surface area contributed by atoms with Gasteiger partial charge in [-0.15, -0.1) is 0 Å². The maximum Gasteiger partial charge on any atom is 0.294 e. The SMILES string of the molecule is CC(C)C[C@@H](C(=O)NN(CC(C)C)C(=O)Cn1cccn1)[C@H](CC=Cc1ccccc1)C(=O)NO.Cc1ccc(S(=O)(=O)O)cc1. The lowest BCUT2D eigenvalue weighted by Crippen LogP contribution is -2.53. The Morgan fingerprint density at radius 2 is 1.59 bits per heavy atom. The van der Waals surface area contributed by atoms with Gasteiger partial charge in [0.05, 0.1) is 16.7 Å². The van der Waals surface area contributed by atoms with Crippen LogP contribution in [0.25, 0.3) is 6.08 Å². The molecule has 3 aromatic rings. The van der Waals surface area contributed by atoms with E-state index in [9.17, 15) is 28.0 Å². The van der Waals surface area contributed by atoms with Crippen LogP contribution in [0.5, 0.6) is 0 Å². The Balaban J connectivity index is 0.000000562. The summed E-state index contributed by atoms with van der Waals surface area (Å²) in [5, 5.41) is 14.8. The Labute approximate surface area is 271 Å². The fourth-order valence-corrected chi connectivity index (χ4v) is 5.01. The van der Waals surface area contributed by atoms with Crippen molar-refractivity contribution in [2.45, 2.75) is 58.9 Å². The number of nitrogens with one attached hydrogen (secondary N) is 2. The Morgan fingerprint density at radius 1 is 0.935 bits per heavy atom. The van der Waals surface area contributed by atoms with E-state index in [1.54, 1.807) is 36.1 Å². The number of benzene rings is 2. The summed E-state index contributed by atoms with van der Waals surface area (Å²) in [6.07, 6.45) is 7.61. The minimum atomic E-state index is -4.02. The highest BCUT2D eigenvalue weighted by atomic mass is 32.2. The molecule has 0 bridgehead atoms. The summed E-state index contributed by atoms with van der Waals surface area (Å²) >= 11 is 0. The van der Waals surface area contributed by atoms with Gasteiger partial charge >= 0.3 is 0 Å². The third kappa shape index (κ3) is 13.3. The number of hydrogen-bond acceptors (Lipinski definition) is 7. The summed E-state index contributed by atoms with van der Waals surface area (Å²) < 4.78 is 31.0. The molecule has 0 aliphatic rings. The van der Waals surface area contributed by atoms with E-state index in [1.807, 2.05) is 77.1 Å². The van der Waals surface area contributed by atoms with Crippen LogP contribution >= 0.6 is 0 Å². The van der Waals surface area contributed by atoms with E-state index >= 15 is 0 Å².